The van der Waals surface area contributed by atoms with Gasteiger partial charge in [0.1, 0.15) is 6.54 Å². The maximum atomic E-state index is 11.2. The third kappa shape index (κ3) is 6.67. The molecule has 0 fully saturated rings. The fourth-order valence-electron chi connectivity index (χ4n) is 0.945. The molecule has 0 spiro atoms. The summed E-state index contributed by atoms with van der Waals surface area (Å²) in [5, 5.41) is 0. The van der Waals surface area contributed by atoms with E-state index in [4.69, 9.17) is 0 Å². The van der Waals surface area contributed by atoms with Crippen LogP contribution in [-0.2, 0) is 9.59 Å². The summed E-state index contributed by atoms with van der Waals surface area (Å²) in [5.74, 6) is -0.517. The van der Waals surface area contributed by atoms with Crippen LogP contribution in [0.2, 0.25) is 0 Å². The Morgan fingerprint density at radius 3 is 2.41 bits per heavy atom. The molecule has 1 aliphatic heterocycles. The number of carbonyl (C=O) groups is 2. The standard InChI is InChI=1S/C13H12N2O2/c16-12-7-4-2-1-3-5-9-14-11-13(17)15-10-6-8-12/h1-10H,11H2. The van der Waals surface area contributed by atoms with Gasteiger partial charge in [-0.3, -0.25) is 14.6 Å². The average molecular weight is 228 g/mol. The zero-order valence-corrected chi connectivity index (χ0v) is 9.19. The summed E-state index contributed by atoms with van der Waals surface area (Å²) in [7, 11) is 0. The van der Waals surface area contributed by atoms with Gasteiger partial charge >= 0.3 is 0 Å². The topological polar surface area (TPSA) is 58.9 Å². The number of rotatable bonds is 0. The minimum Gasteiger partial charge on any atom is -0.290 e. The number of ketones is 1. The average Bonchev–Trinajstić information content (AvgIpc) is 2.32. The molecule has 86 valence electrons. The quantitative estimate of drug-likeness (QED) is 0.630. The highest BCUT2D eigenvalue weighted by Gasteiger charge is 1.92. The lowest BCUT2D eigenvalue weighted by Gasteiger charge is -1.84. The summed E-state index contributed by atoms with van der Waals surface area (Å²) in [6.45, 7) is 0.00455. The predicted octanol–water partition coefficient (Wildman–Crippen LogP) is 1.46. The van der Waals surface area contributed by atoms with Crippen molar-refractivity contribution in [1.82, 2.24) is 0 Å². The van der Waals surface area contributed by atoms with E-state index < -0.39 is 0 Å². The first-order chi connectivity index (χ1) is 8.29. The first kappa shape index (κ1) is 12.7. The van der Waals surface area contributed by atoms with E-state index in [9.17, 15) is 9.59 Å². The summed E-state index contributed by atoms with van der Waals surface area (Å²) in [6.07, 6.45) is 15.6. The minimum absolute atomic E-state index is 0.00455. The van der Waals surface area contributed by atoms with E-state index >= 15 is 0 Å². The maximum Gasteiger partial charge on any atom is 0.267 e. The van der Waals surface area contributed by atoms with Crippen LogP contribution in [0.5, 0.6) is 0 Å². The van der Waals surface area contributed by atoms with Crippen LogP contribution >= 0.6 is 0 Å². The van der Waals surface area contributed by atoms with Gasteiger partial charge in [0.2, 0.25) is 0 Å². The summed E-state index contributed by atoms with van der Waals surface area (Å²) in [6, 6.07) is 0. The van der Waals surface area contributed by atoms with Gasteiger partial charge in [0.15, 0.2) is 5.78 Å². The molecule has 1 aliphatic rings. The van der Waals surface area contributed by atoms with Gasteiger partial charge in [-0.05, 0) is 24.3 Å². The number of hydrogen-bond acceptors (Lipinski definition) is 3. The highest BCUT2D eigenvalue weighted by molar-refractivity contribution is 6.02. The molecule has 0 aromatic heterocycles. The number of nitrogens with zero attached hydrogens (tertiary/aromatic N) is 2. The van der Waals surface area contributed by atoms with Crippen molar-refractivity contribution in [2.24, 2.45) is 9.98 Å². The largest absolute Gasteiger partial charge is 0.290 e. The van der Waals surface area contributed by atoms with Crippen molar-refractivity contribution < 1.29 is 9.59 Å². The highest BCUT2D eigenvalue weighted by atomic mass is 16.1. The van der Waals surface area contributed by atoms with Crippen LogP contribution in [0, 0.1) is 0 Å². The highest BCUT2D eigenvalue weighted by Crippen LogP contribution is 1.85. The number of amides is 1. The Hall–Kier alpha value is -2.36. The molecule has 0 unspecified atom stereocenters. The minimum atomic E-state index is -0.354. The molecule has 4 nitrogen and oxygen atoms in total. The first-order valence-electron chi connectivity index (χ1n) is 5.06. The molecule has 17 heavy (non-hydrogen) atoms. The second-order valence-electron chi connectivity index (χ2n) is 3.05. The van der Waals surface area contributed by atoms with Crippen LogP contribution in [0.25, 0.3) is 0 Å². The Morgan fingerprint density at radius 1 is 0.824 bits per heavy atom. The molecule has 0 atom stereocenters. The molecule has 0 aromatic rings. The number of allylic oxidation sites excluding steroid dienone is 8. The van der Waals surface area contributed by atoms with E-state index in [1.54, 1.807) is 30.4 Å². The van der Waals surface area contributed by atoms with Crippen LogP contribution in [0.1, 0.15) is 0 Å². The van der Waals surface area contributed by atoms with Crippen LogP contribution in [0.15, 0.2) is 58.6 Å². The van der Waals surface area contributed by atoms with Crippen LogP contribution < -0.4 is 0 Å². The van der Waals surface area contributed by atoms with Crippen molar-refractivity contribution >= 4 is 24.1 Å². The summed E-state index contributed by atoms with van der Waals surface area (Å²) in [4.78, 5) is 29.8. The van der Waals surface area contributed by atoms with Crippen molar-refractivity contribution in [2.75, 3.05) is 6.54 Å². The molecule has 0 radical (unpaired) electrons. The first-order valence-corrected chi connectivity index (χ1v) is 5.06. The van der Waals surface area contributed by atoms with Crippen molar-refractivity contribution in [3.05, 3.63) is 48.6 Å². The molecule has 1 heterocycles. The van der Waals surface area contributed by atoms with Gasteiger partial charge in [-0.25, -0.2) is 4.99 Å². The lowest BCUT2D eigenvalue weighted by Crippen LogP contribution is -1.98. The second kappa shape index (κ2) is 7.87. The normalized spacial score (nSPS) is 17.2. The van der Waals surface area contributed by atoms with Crippen LogP contribution in [0.4, 0.5) is 0 Å². The molecule has 4 heteroatoms. The summed E-state index contributed by atoms with van der Waals surface area (Å²) < 4.78 is 0. The molecule has 0 saturated heterocycles. The van der Waals surface area contributed by atoms with Gasteiger partial charge in [0.25, 0.3) is 5.91 Å². The Bertz CT molecular complexity index is 452. The fraction of sp³-hybridized carbons (Fsp3) is 0.0769. The molecular formula is C13H12N2O2. The monoisotopic (exact) mass is 228 g/mol. The molecule has 0 bridgehead atoms. The molecule has 0 aliphatic carbocycles. The van der Waals surface area contributed by atoms with E-state index in [-0.39, 0.29) is 18.2 Å². The van der Waals surface area contributed by atoms with Crippen LogP contribution in [0.3, 0.4) is 0 Å². The van der Waals surface area contributed by atoms with Crippen LogP contribution in [-0.4, -0.2) is 30.7 Å². The van der Waals surface area contributed by atoms with Gasteiger partial charge in [-0.15, -0.1) is 0 Å². The van der Waals surface area contributed by atoms with Gasteiger partial charge < -0.3 is 0 Å². The summed E-state index contributed by atoms with van der Waals surface area (Å²) >= 11 is 0. The zero-order chi connectivity index (χ0) is 12.3. The van der Waals surface area contributed by atoms with E-state index in [1.807, 2.05) is 0 Å². The van der Waals surface area contributed by atoms with E-state index in [0.29, 0.717) is 0 Å². The van der Waals surface area contributed by atoms with E-state index in [0.717, 1.165) is 0 Å². The fourth-order valence-corrected chi connectivity index (χ4v) is 0.945. The van der Waals surface area contributed by atoms with Gasteiger partial charge in [0, 0.05) is 12.4 Å². The number of hydrogen-bond donors (Lipinski definition) is 0. The Morgan fingerprint density at radius 2 is 1.53 bits per heavy atom. The number of carbonyl (C=O) groups excluding carboxylic acids is 2. The molecular weight excluding hydrogens is 216 g/mol. The summed E-state index contributed by atoms with van der Waals surface area (Å²) in [5.41, 5.74) is 0. The lowest BCUT2D eigenvalue weighted by molar-refractivity contribution is -0.116. The second-order valence-corrected chi connectivity index (χ2v) is 3.05. The lowest BCUT2D eigenvalue weighted by atomic mass is 10.3. The molecule has 0 aromatic carbocycles. The zero-order valence-electron chi connectivity index (χ0n) is 9.19. The van der Waals surface area contributed by atoms with Gasteiger partial charge in [-0.2, -0.15) is 0 Å². The van der Waals surface area contributed by atoms with Crippen molar-refractivity contribution in [3.8, 4) is 0 Å². The van der Waals surface area contributed by atoms with Crippen molar-refractivity contribution in [2.45, 2.75) is 0 Å². The van der Waals surface area contributed by atoms with Crippen molar-refractivity contribution in [3.63, 3.8) is 0 Å². The van der Waals surface area contributed by atoms with Crippen molar-refractivity contribution in [1.29, 1.82) is 0 Å². The molecule has 1 amide bonds. The Balaban J connectivity index is 2.77. The van der Waals surface area contributed by atoms with Gasteiger partial charge in [-0.1, -0.05) is 24.3 Å². The SMILES string of the molecule is O=C1C=CC=CC=CC=NCC(=O)N=CC=C1. The van der Waals surface area contributed by atoms with Gasteiger partial charge in [0.05, 0.1) is 0 Å². The number of aliphatic imine (C=N–C) groups is 2. The smallest absolute Gasteiger partial charge is 0.267 e. The third-order valence-electron chi connectivity index (χ3n) is 1.69. The van der Waals surface area contributed by atoms with E-state index in [2.05, 4.69) is 9.98 Å². The molecule has 1 rings (SSSR count). The molecule has 0 N–H and O–H groups in total. The predicted molar refractivity (Wildman–Crippen MR) is 68.4 cm³/mol. The van der Waals surface area contributed by atoms with E-state index in [1.165, 1.54) is 30.7 Å². The Kier molecular flexibility index (Phi) is 5.88. The maximum absolute atomic E-state index is 11.2. The Labute approximate surface area is 99.5 Å². The molecule has 0 saturated carbocycles. The third-order valence-corrected chi connectivity index (χ3v) is 1.69.